The smallest absolute Gasteiger partial charge is 0.0667 e. The second-order valence-electron chi connectivity index (χ2n) is 3.63. The minimum Gasteiger partial charge on any atom is -0.392 e. The maximum atomic E-state index is 9.43. The molecular weight excluding hydrogens is 152 g/mol. The standard InChI is InChI=1S/C9H22N2O/c1-8(2)6-9(12)7-11-5-3-4-10/h8-9,11-12H,3-7,10H2,1-2H3. The molecule has 0 heterocycles. The van der Waals surface area contributed by atoms with Crippen LogP contribution >= 0.6 is 0 Å². The predicted octanol–water partition coefficient (Wildman–Crippen LogP) is 0.332. The van der Waals surface area contributed by atoms with E-state index in [0.29, 0.717) is 19.0 Å². The summed E-state index contributed by atoms with van der Waals surface area (Å²) in [6, 6.07) is 0. The lowest BCUT2D eigenvalue weighted by Gasteiger charge is -2.13. The third-order valence-corrected chi connectivity index (χ3v) is 1.68. The van der Waals surface area contributed by atoms with Crippen LogP contribution < -0.4 is 11.1 Å². The molecule has 0 saturated carbocycles. The first kappa shape index (κ1) is 11.9. The minimum absolute atomic E-state index is 0.206. The fraction of sp³-hybridized carbons (Fsp3) is 1.00. The van der Waals surface area contributed by atoms with Crippen LogP contribution in [0.2, 0.25) is 0 Å². The highest BCUT2D eigenvalue weighted by atomic mass is 16.3. The molecule has 4 N–H and O–H groups in total. The summed E-state index contributed by atoms with van der Waals surface area (Å²) >= 11 is 0. The van der Waals surface area contributed by atoms with Gasteiger partial charge in [-0.2, -0.15) is 0 Å². The normalized spacial score (nSPS) is 13.8. The summed E-state index contributed by atoms with van der Waals surface area (Å²) in [6.07, 6.45) is 1.65. The van der Waals surface area contributed by atoms with Crippen molar-refractivity contribution in [1.29, 1.82) is 0 Å². The Hall–Kier alpha value is -0.120. The van der Waals surface area contributed by atoms with Gasteiger partial charge < -0.3 is 16.2 Å². The molecule has 0 amide bonds. The lowest BCUT2D eigenvalue weighted by Crippen LogP contribution is -2.29. The highest BCUT2D eigenvalue weighted by molar-refractivity contribution is 4.61. The predicted molar refractivity (Wildman–Crippen MR) is 52.0 cm³/mol. The van der Waals surface area contributed by atoms with Gasteiger partial charge in [0.25, 0.3) is 0 Å². The summed E-state index contributed by atoms with van der Waals surface area (Å²) in [7, 11) is 0. The molecule has 0 aromatic rings. The Labute approximate surface area is 75.3 Å². The molecule has 74 valence electrons. The minimum atomic E-state index is -0.206. The molecule has 3 nitrogen and oxygen atoms in total. The van der Waals surface area contributed by atoms with E-state index in [2.05, 4.69) is 19.2 Å². The van der Waals surface area contributed by atoms with Crippen molar-refractivity contribution in [2.75, 3.05) is 19.6 Å². The van der Waals surface area contributed by atoms with E-state index in [9.17, 15) is 5.11 Å². The van der Waals surface area contributed by atoms with Crippen LogP contribution in [0.3, 0.4) is 0 Å². The largest absolute Gasteiger partial charge is 0.392 e. The third kappa shape index (κ3) is 7.98. The summed E-state index contributed by atoms with van der Waals surface area (Å²) in [4.78, 5) is 0. The fourth-order valence-corrected chi connectivity index (χ4v) is 1.12. The van der Waals surface area contributed by atoms with Crippen LogP contribution in [0.1, 0.15) is 26.7 Å². The quantitative estimate of drug-likeness (QED) is 0.488. The topological polar surface area (TPSA) is 58.3 Å². The summed E-state index contributed by atoms with van der Waals surface area (Å²) in [5.74, 6) is 0.566. The number of aliphatic hydroxyl groups excluding tert-OH is 1. The van der Waals surface area contributed by atoms with Crippen LogP contribution in [0.4, 0.5) is 0 Å². The van der Waals surface area contributed by atoms with Crippen LogP contribution in [0.15, 0.2) is 0 Å². The van der Waals surface area contributed by atoms with Crippen LogP contribution in [0, 0.1) is 5.92 Å². The van der Waals surface area contributed by atoms with Gasteiger partial charge in [0.15, 0.2) is 0 Å². The lowest BCUT2D eigenvalue weighted by atomic mass is 10.1. The second-order valence-corrected chi connectivity index (χ2v) is 3.63. The Bertz CT molecular complexity index is 96.5. The maximum Gasteiger partial charge on any atom is 0.0667 e. The molecule has 0 fully saturated rings. The van der Waals surface area contributed by atoms with Crippen molar-refractivity contribution in [3.8, 4) is 0 Å². The number of hydrogen-bond donors (Lipinski definition) is 3. The van der Waals surface area contributed by atoms with E-state index in [1.54, 1.807) is 0 Å². The van der Waals surface area contributed by atoms with E-state index in [4.69, 9.17) is 5.73 Å². The molecule has 0 aliphatic heterocycles. The molecule has 0 spiro atoms. The van der Waals surface area contributed by atoms with E-state index >= 15 is 0 Å². The highest BCUT2D eigenvalue weighted by Gasteiger charge is 2.05. The first-order valence-electron chi connectivity index (χ1n) is 4.75. The summed E-state index contributed by atoms with van der Waals surface area (Å²) in [5.41, 5.74) is 5.32. The molecule has 0 rings (SSSR count). The van der Waals surface area contributed by atoms with Crippen molar-refractivity contribution in [2.45, 2.75) is 32.8 Å². The number of hydrogen-bond acceptors (Lipinski definition) is 3. The molecule has 0 aromatic heterocycles. The van der Waals surface area contributed by atoms with Crippen molar-refractivity contribution in [3.05, 3.63) is 0 Å². The summed E-state index contributed by atoms with van der Waals surface area (Å²) < 4.78 is 0. The molecule has 1 atom stereocenters. The average Bonchev–Trinajstić information content (AvgIpc) is 1.97. The third-order valence-electron chi connectivity index (χ3n) is 1.68. The molecule has 3 heteroatoms. The zero-order chi connectivity index (χ0) is 9.40. The molecule has 0 bridgehead atoms. The molecule has 1 unspecified atom stereocenters. The number of nitrogens with two attached hydrogens (primary N) is 1. The highest BCUT2D eigenvalue weighted by Crippen LogP contribution is 2.02. The fourth-order valence-electron chi connectivity index (χ4n) is 1.12. The van der Waals surface area contributed by atoms with Gasteiger partial charge in [-0.3, -0.25) is 0 Å². The number of nitrogens with one attached hydrogen (secondary N) is 1. The van der Waals surface area contributed by atoms with Crippen molar-refractivity contribution in [3.63, 3.8) is 0 Å². The van der Waals surface area contributed by atoms with E-state index in [1.807, 2.05) is 0 Å². The van der Waals surface area contributed by atoms with Crippen molar-refractivity contribution < 1.29 is 5.11 Å². The van der Waals surface area contributed by atoms with Gasteiger partial charge in [0.05, 0.1) is 6.10 Å². The van der Waals surface area contributed by atoms with Gasteiger partial charge in [-0.05, 0) is 31.8 Å². The first-order valence-corrected chi connectivity index (χ1v) is 4.75. The van der Waals surface area contributed by atoms with Gasteiger partial charge in [-0.15, -0.1) is 0 Å². The molecule has 0 radical (unpaired) electrons. The van der Waals surface area contributed by atoms with Crippen LogP contribution in [0.25, 0.3) is 0 Å². The zero-order valence-electron chi connectivity index (χ0n) is 8.21. The van der Waals surface area contributed by atoms with Crippen LogP contribution in [-0.4, -0.2) is 30.8 Å². The summed E-state index contributed by atoms with van der Waals surface area (Å²) in [6.45, 7) is 6.54. The van der Waals surface area contributed by atoms with Gasteiger partial charge in [-0.25, -0.2) is 0 Å². The van der Waals surface area contributed by atoms with E-state index in [-0.39, 0.29) is 6.10 Å². The molecule has 0 aliphatic rings. The Morgan fingerprint density at radius 2 is 2.08 bits per heavy atom. The SMILES string of the molecule is CC(C)CC(O)CNCCCN. The molecule has 0 saturated heterocycles. The van der Waals surface area contributed by atoms with E-state index < -0.39 is 0 Å². The van der Waals surface area contributed by atoms with Crippen LogP contribution in [-0.2, 0) is 0 Å². The van der Waals surface area contributed by atoms with Gasteiger partial charge in [0.2, 0.25) is 0 Å². The number of rotatable bonds is 7. The van der Waals surface area contributed by atoms with Crippen molar-refractivity contribution in [2.24, 2.45) is 11.7 Å². The Kier molecular flexibility index (Phi) is 7.45. The van der Waals surface area contributed by atoms with Crippen molar-refractivity contribution >= 4 is 0 Å². The average molecular weight is 174 g/mol. The van der Waals surface area contributed by atoms with E-state index in [1.165, 1.54) is 0 Å². The van der Waals surface area contributed by atoms with Gasteiger partial charge >= 0.3 is 0 Å². The Morgan fingerprint density at radius 3 is 2.58 bits per heavy atom. The molecule has 12 heavy (non-hydrogen) atoms. The second kappa shape index (κ2) is 7.53. The molecule has 0 aliphatic carbocycles. The zero-order valence-corrected chi connectivity index (χ0v) is 8.21. The van der Waals surface area contributed by atoms with Gasteiger partial charge in [0, 0.05) is 6.54 Å². The van der Waals surface area contributed by atoms with E-state index in [0.717, 1.165) is 19.4 Å². The van der Waals surface area contributed by atoms with Gasteiger partial charge in [-0.1, -0.05) is 13.8 Å². The van der Waals surface area contributed by atoms with Crippen molar-refractivity contribution in [1.82, 2.24) is 5.32 Å². The summed E-state index contributed by atoms with van der Waals surface area (Å²) in [5, 5.41) is 12.6. The maximum absolute atomic E-state index is 9.43. The number of aliphatic hydroxyl groups is 1. The molecular formula is C9H22N2O. The Balaban J connectivity index is 3.14. The Morgan fingerprint density at radius 1 is 1.42 bits per heavy atom. The lowest BCUT2D eigenvalue weighted by molar-refractivity contribution is 0.146. The monoisotopic (exact) mass is 174 g/mol. The van der Waals surface area contributed by atoms with Gasteiger partial charge in [0.1, 0.15) is 0 Å². The first-order chi connectivity index (χ1) is 5.66. The van der Waals surface area contributed by atoms with Crippen LogP contribution in [0.5, 0.6) is 0 Å². The molecule has 0 aromatic carbocycles.